The van der Waals surface area contributed by atoms with Crippen LogP contribution in [0.1, 0.15) is 23.7 Å². The Balaban J connectivity index is 1.36. The molecule has 3 aromatic rings. The Morgan fingerprint density at radius 1 is 1.33 bits per heavy atom. The average Bonchev–Trinajstić information content (AvgIpc) is 3.29. The van der Waals surface area contributed by atoms with Crippen molar-refractivity contribution in [3.05, 3.63) is 53.9 Å². The third-order valence-electron chi connectivity index (χ3n) is 4.27. The Labute approximate surface area is 138 Å². The van der Waals surface area contributed by atoms with Crippen molar-refractivity contribution in [1.82, 2.24) is 25.4 Å². The van der Waals surface area contributed by atoms with E-state index in [0.717, 1.165) is 29.8 Å². The fraction of sp³-hybridized carbons (Fsp3) is 0.294. The van der Waals surface area contributed by atoms with E-state index >= 15 is 0 Å². The number of aromatic nitrogens is 4. The highest BCUT2D eigenvalue weighted by Crippen LogP contribution is 2.23. The second kappa shape index (κ2) is 6.27. The summed E-state index contributed by atoms with van der Waals surface area (Å²) in [6.07, 6.45) is 4.02. The lowest BCUT2D eigenvalue weighted by molar-refractivity contribution is -0.125. The molecule has 0 saturated carbocycles. The van der Waals surface area contributed by atoms with E-state index in [1.54, 1.807) is 6.33 Å². The van der Waals surface area contributed by atoms with Gasteiger partial charge in [-0.15, -0.1) is 0 Å². The first-order chi connectivity index (χ1) is 11.8. The van der Waals surface area contributed by atoms with Crippen LogP contribution in [0.25, 0.3) is 11.4 Å². The third kappa shape index (κ3) is 2.92. The van der Waals surface area contributed by atoms with Crippen LogP contribution < -0.4 is 5.32 Å². The molecule has 0 aliphatic heterocycles. The molecule has 24 heavy (non-hydrogen) atoms. The van der Waals surface area contributed by atoms with E-state index in [-0.39, 0.29) is 18.4 Å². The SMILES string of the molecule is O=C(NCc1nc(-c2ccccc2)no1)C1CCc2nc[nH]c2C1. The Morgan fingerprint density at radius 2 is 2.21 bits per heavy atom. The quantitative estimate of drug-likeness (QED) is 0.764. The molecule has 1 amide bonds. The van der Waals surface area contributed by atoms with Crippen LogP contribution in [0.2, 0.25) is 0 Å². The molecule has 0 radical (unpaired) electrons. The van der Waals surface area contributed by atoms with Gasteiger partial charge >= 0.3 is 0 Å². The summed E-state index contributed by atoms with van der Waals surface area (Å²) in [5, 5.41) is 6.84. The first-order valence-corrected chi connectivity index (χ1v) is 7.96. The lowest BCUT2D eigenvalue weighted by Crippen LogP contribution is -2.33. The summed E-state index contributed by atoms with van der Waals surface area (Å²) in [5.41, 5.74) is 3.02. The molecule has 1 aliphatic carbocycles. The normalized spacial score (nSPS) is 16.6. The van der Waals surface area contributed by atoms with Gasteiger partial charge in [0.15, 0.2) is 0 Å². The summed E-state index contributed by atoms with van der Waals surface area (Å²) >= 11 is 0. The summed E-state index contributed by atoms with van der Waals surface area (Å²) in [7, 11) is 0. The molecule has 122 valence electrons. The molecule has 1 aliphatic rings. The Hall–Kier alpha value is -2.96. The summed E-state index contributed by atoms with van der Waals surface area (Å²) in [6, 6.07) is 9.59. The fourth-order valence-electron chi connectivity index (χ4n) is 2.96. The number of hydrogen-bond acceptors (Lipinski definition) is 5. The van der Waals surface area contributed by atoms with Crippen molar-refractivity contribution in [1.29, 1.82) is 0 Å². The molecule has 0 bridgehead atoms. The zero-order valence-electron chi connectivity index (χ0n) is 13.0. The molecule has 0 fully saturated rings. The number of imidazole rings is 1. The van der Waals surface area contributed by atoms with Crippen molar-refractivity contribution in [3.63, 3.8) is 0 Å². The van der Waals surface area contributed by atoms with E-state index in [9.17, 15) is 4.79 Å². The molecule has 0 saturated heterocycles. The van der Waals surface area contributed by atoms with Crippen LogP contribution in [-0.4, -0.2) is 26.0 Å². The smallest absolute Gasteiger partial charge is 0.246 e. The maximum atomic E-state index is 12.3. The van der Waals surface area contributed by atoms with Gasteiger partial charge in [-0.2, -0.15) is 4.98 Å². The number of rotatable bonds is 4. The minimum Gasteiger partial charge on any atom is -0.348 e. The molecule has 1 unspecified atom stereocenters. The first-order valence-electron chi connectivity index (χ1n) is 7.96. The maximum Gasteiger partial charge on any atom is 0.246 e. The highest BCUT2D eigenvalue weighted by molar-refractivity contribution is 5.79. The molecule has 2 heterocycles. The number of nitrogens with one attached hydrogen (secondary N) is 2. The summed E-state index contributed by atoms with van der Waals surface area (Å²) in [6.45, 7) is 0.241. The second-order valence-electron chi connectivity index (χ2n) is 5.86. The zero-order chi connectivity index (χ0) is 16.4. The molecule has 2 N–H and O–H groups in total. The van der Waals surface area contributed by atoms with Gasteiger partial charge in [0.25, 0.3) is 0 Å². The number of aryl methyl sites for hydroxylation is 1. The monoisotopic (exact) mass is 323 g/mol. The first kappa shape index (κ1) is 14.6. The number of carbonyl (C=O) groups is 1. The molecule has 1 aromatic carbocycles. The topological polar surface area (TPSA) is 96.7 Å². The van der Waals surface area contributed by atoms with Crippen LogP contribution >= 0.6 is 0 Å². The molecular formula is C17H17N5O2. The molecule has 7 nitrogen and oxygen atoms in total. The summed E-state index contributed by atoms with van der Waals surface area (Å²) < 4.78 is 5.21. The fourth-order valence-corrected chi connectivity index (χ4v) is 2.96. The van der Waals surface area contributed by atoms with Crippen LogP contribution in [0.3, 0.4) is 0 Å². The van der Waals surface area contributed by atoms with E-state index in [4.69, 9.17) is 4.52 Å². The van der Waals surface area contributed by atoms with Gasteiger partial charge in [-0.25, -0.2) is 4.98 Å². The van der Waals surface area contributed by atoms with Crippen LogP contribution in [0.4, 0.5) is 0 Å². The van der Waals surface area contributed by atoms with Crippen molar-refractivity contribution in [2.45, 2.75) is 25.8 Å². The highest BCUT2D eigenvalue weighted by atomic mass is 16.5. The number of fused-ring (bicyclic) bond motifs is 1. The number of carbonyl (C=O) groups excluding carboxylic acids is 1. The summed E-state index contributed by atoms with van der Waals surface area (Å²) in [4.78, 5) is 24.0. The highest BCUT2D eigenvalue weighted by Gasteiger charge is 2.26. The van der Waals surface area contributed by atoms with Crippen LogP contribution in [-0.2, 0) is 24.2 Å². The van der Waals surface area contributed by atoms with Gasteiger partial charge in [-0.1, -0.05) is 35.5 Å². The molecule has 4 rings (SSSR count). The predicted molar refractivity (Wildman–Crippen MR) is 85.7 cm³/mol. The Morgan fingerprint density at radius 3 is 3.08 bits per heavy atom. The number of H-pyrrole nitrogens is 1. The van der Waals surface area contributed by atoms with Gasteiger partial charge in [0, 0.05) is 23.6 Å². The Bertz CT molecular complexity index is 840. The lowest BCUT2D eigenvalue weighted by Gasteiger charge is -2.20. The standard InChI is InChI=1S/C17H17N5O2/c23-17(12-6-7-13-14(8-12)20-10-19-13)18-9-15-21-16(22-24-15)11-4-2-1-3-5-11/h1-5,10,12H,6-9H2,(H,18,23)(H,19,20). The maximum absolute atomic E-state index is 12.3. The number of amides is 1. The average molecular weight is 323 g/mol. The van der Waals surface area contributed by atoms with Gasteiger partial charge in [0.05, 0.1) is 18.6 Å². The van der Waals surface area contributed by atoms with Crippen LogP contribution in [0, 0.1) is 5.92 Å². The van der Waals surface area contributed by atoms with Gasteiger partial charge in [0.1, 0.15) is 0 Å². The minimum atomic E-state index is -0.0468. The van der Waals surface area contributed by atoms with E-state index in [1.165, 1.54) is 0 Å². The van der Waals surface area contributed by atoms with E-state index in [1.807, 2.05) is 30.3 Å². The summed E-state index contributed by atoms with van der Waals surface area (Å²) in [5.74, 6) is 0.893. The Kier molecular flexibility index (Phi) is 3.82. The number of nitrogens with zero attached hydrogens (tertiary/aromatic N) is 3. The van der Waals surface area contributed by atoms with Crippen molar-refractivity contribution < 1.29 is 9.32 Å². The number of aromatic amines is 1. The van der Waals surface area contributed by atoms with Gasteiger partial charge in [-0.05, 0) is 12.8 Å². The molecule has 0 spiro atoms. The van der Waals surface area contributed by atoms with Crippen LogP contribution in [0.5, 0.6) is 0 Å². The van der Waals surface area contributed by atoms with Gasteiger partial charge in [-0.3, -0.25) is 4.79 Å². The van der Waals surface area contributed by atoms with Crippen molar-refractivity contribution in [2.75, 3.05) is 0 Å². The van der Waals surface area contributed by atoms with Crippen molar-refractivity contribution in [2.24, 2.45) is 5.92 Å². The number of hydrogen-bond donors (Lipinski definition) is 2. The van der Waals surface area contributed by atoms with E-state index < -0.39 is 0 Å². The van der Waals surface area contributed by atoms with E-state index in [0.29, 0.717) is 18.1 Å². The van der Waals surface area contributed by atoms with Crippen LogP contribution in [0.15, 0.2) is 41.2 Å². The minimum absolute atomic E-state index is 0.00899. The molecule has 1 atom stereocenters. The lowest BCUT2D eigenvalue weighted by atomic mass is 9.89. The molecule has 2 aromatic heterocycles. The largest absolute Gasteiger partial charge is 0.348 e. The van der Waals surface area contributed by atoms with Crippen molar-refractivity contribution in [3.8, 4) is 11.4 Å². The molecule has 7 heteroatoms. The van der Waals surface area contributed by atoms with Gasteiger partial charge < -0.3 is 14.8 Å². The second-order valence-corrected chi connectivity index (χ2v) is 5.86. The predicted octanol–water partition coefficient (Wildman–Crippen LogP) is 1.88. The van der Waals surface area contributed by atoms with E-state index in [2.05, 4.69) is 25.4 Å². The van der Waals surface area contributed by atoms with Gasteiger partial charge in [0.2, 0.25) is 17.6 Å². The zero-order valence-corrected chi connectivity index (χ0v) is 13.0. The number of benzene rings is 1. The van der Waals surface area contributed by atoms with Crippen molar-refractivity contribution >= 4 is 5.91 Å². The third-order valence-corrected chi connectivity index (χ3v) is 4.27. The molecular weight excluding hydrogens is 306 g/mol.